The van der Waals surface area contributed by atoms with E-state index in [2.05, 4.69) is 0 Å². The molecule has 1 saturated heterocycles. The Bertz CT molecular complexity index is 724. The van der Waals surface area contributed by atoms with Gasteiger partial charge in [0, 0.05) is 18.5 Å². The molecule has 2 rings (SSSR count). The Morgan fingerprint density at radius 2 is 1.58 bits per heavy atom. The number of carbonyl (C=O) groups excluding carboxylic acids is 3. The van der Waals surface area contributed by atoms with Crippen molar-refractivity contribution in [2.45, 2.75) is 71.4 Å². The van der Waals surface area contributed by atoms with E-state index in [1.54, 1.807) is 18.7 Å². The van der Waals surface area contributed by atoms with Gasteiger partial charge in [-0.05, 0) is 59.4 Å². The number of amides is 1. The molecule has 0 radical (unpaired) electrons. The summed E-state index contributed by atoms with van der Waals surface area (Å²) in [5.74, 6) is -3.04. The maximum atomic E-state index is 13.0. The molecule has 0 N–H and O–H groups in total. The Morgan fingerprint density at radius 3 is 2.10 bits per heavy atom. The van der Waals surface area contributed by atoms with Crippen LogP contribution in [0.3, 0.4) is 0 Å². The Labute approximate surface area is 185 Å². The number of hydrogen-bond acceptors (Lipinski definition) is 6. The molecular formula is C24H35NO6. The third kappa shape index (κ3) is 6.71. The summed E-state index contributed by atoms with van der Waals surface area (Å²) in [6.45, 7) is 9.65. The lowest BCUT2D eigenvalue weighted by Crippen LogP contribution is -2.52. The number of carbonyl (C=O) groups is 3. The fourth-order valence-corrected chi connectivity index (χ4v) is 4.04. The predicted molar refractivity (Wildman–Crippen MR) is 117 cm³/mol. The van der Waals surface area contributed by atoms with Crippen molar-refractivity contribution in [2.75, 3.05) is 19.8 Å². The molecule has 1 aromatic carbocycles. The number of rotatable bonds is 7. The summed E-state index contributed by atoms with van der Waals surface area (Å²) in [4.78, 5) is 40.6. The molecule has 172 valence electrons. The van der Waals surface area contributed by atoms with Gasteiger partial charge in [-0.2, -0.15) is 0 Å². The van der Waals surface area contributed by atoms with Crippen molar-refractivity contribution < 1.29 is 28.6 Å². The van der Waals surface area contributed by atoms with Gasteiger partial charge in [-0.15, -0.1) is 0 Å². The van der Waals surface area contributed by atoms with Gasteiger partial charge in [0.1, 0.15) is 5.60 Å². The molecule has 2 atom stereocenters. The van der Waals surface area contributed by atoms with Crippen LogP contribution in [0.5, 0.6) is 0 Å². The topological polar surface area (TPSA) is 82.1 Å². The Hall–Kier alpha value is -2.57. The second-order valence-corrected chi connectivity index (χ2v) is 8.66. The second-order valence-electron chi connectivity index (χ2n) is 8.66. The zero-order chi connectivity index (χ0) is 23.0. The fourth-order valence-electron chi connectivity index (χ4n) is 4.04. The maximum absolute atomic E-state index is 13.0. The average Bonchev–Trinajstić information content (AvgIpc) is 2.71. The number of hydrogen-bond donors (Lipinski definition) is 0. The maximum Gasteiger partial charge on any atom is 0.410 e. The average molecular weight is 434 g/mol. The molecule has 1 amide bonds. The molecule has 1 fully saturated rings. The Kier molecular flexibility index (Phi) is 8.89. The third-order valence-corrected chi connectivity index (χ3v) is 5.22. The van der Waals surface area contributed by atoms with E-state index in [1.165, 1.54) is 0 Å². The van der Waals surface area contributed by atoms with Crippen LogP contribution in [0, 0.1) is 5.92 Å². The summed E-state index contributed by atoms with van der Waals surface area (Å²) in [6, 6.07) is 8.93. The van der Waals surface area contributed by atoms with Crippen LogP contribution in [0.2, 0.25) is 0 Å². The van der Waals surface area contributed by atoms with E-state index in [4.69, 9.17) is 14.2 Å². The van der Waals surface area contributed by atoms with Crippen LogP contribution in [-0.2, 0) is 23.8 Å². The second kappa shape index (κ2) is 11.2. The van der Waals surface area contributed by atoms with Crippen LogP contribution in [0.25, 0.3) is 0 Å². The van der Waals surface area contributed by atoms with Crippen LogP contribution >= 0.6 is 0 Å². The van der Waals surface area contributed by atoms with Crippen molar-refractivity contribution in [3.8, 4) is 0 Å². The summed E-state index contributed by atoms with van der Waals surface area (Å²) in [6.07, 6.45) is 1.92. The summed E-state index contributed by atoms with van der Waals surface area (Å²) in [5, 5.41) is 0. The van der Waals surface area contributed by atoms with Crippen molar-refractivity contribution in [1.29, 1.82) is 0 Å². The van der Waals surface area contributed by atoms with Crippen molar-refractivity contribution in [3.63, 3.8) is 0 Å². The number of piperidine rings is 1. The first-order valence-electron chi connectivity index (χ1n) is 11.1. The molecule has 1 aromatic rings. The van der Waals surface area contributed by atoms with E-state index >= 15 is 0 Å². The Balaban J connectivity index is 2.53. The molecule has 1 aliphatic heterocycles. The van der Waals surface area contributed by atoms with Crippen molar-refractivity contribution >= 4 is 18.0 Å². The largest absolute Gasteiger partial charge is 0.465 e. The highest BCUT2D eigenvalue weighted by atomic mass is 16.6. The number of likely N-dealkylation sites (tertiary alicyclic amines) is 1. The monoisotopic (exact) mass is 433 g/mol. The highest BCUT2D eigenvalue weighted by Gasteiger charge is 2.46. The van der Waals surface area contributed by atoms with E-state index in [-0.39, 0.29) is 13.2 Å². The Morgan fingerprint density at radius 1 is 1.00 bits per heavy atom. The molecule has 1 heterocycles. The number of nitrogens with zero attached hydrogens (tertiary/aromatic N) is 1. The van der Waals surface area contributed by atoms with Gasteiger partial charge in [0.05, 0.1) is 13.2 Å². The van der Waals surface area contributed by atoms with Crippen LogP contribution in [-0.4, -0.2) is 54.3 Å². The van der Waals surface area contributed by atoms with Crippen LogP contribution < -0.4 is 0 Å². The minimum Gasteiger partial charge on any atom is -0.465 e. The lowest BCUT2D eigenvalue weighted by molar-refractivity contribution is -0.164. The quantitative estimate of drug-likeness (QED) is 0.362. The van der Waals surface area contributed by atoms with E-state index in [9.17, 15) is 14.4 Å². The molecule has 31 heavy (non-hydrogen) atoms. The molecule has 1 aliphatic rings. The van der Waals surface area contributed by atoms with E-state index < -0.39 is 41.5 Å². The number of esters is 2. The standard InChI is InChI=1S/C24H35NO6/c1-6-29-21(26)20(22(27)30-7-2)19(17-13-9-8-10-14-17)18-15-11-12-16-25(18)23(28)31-24(3,4)5/h8-10,13-14,18-20H,6-7,11-12,15-16H2,1-5H3. The summed E-state index contributed by atoms with van der Waals surface area (Å²) >= 11 is 0. The predicted octanol–water partition coefficient (Wildman–Crippen LogP) is 4.30. The van der Waals surface area contributed by atoms with Gasteiger partial charge in [0.25, 0.3) is 0 Å². The van der Waals surface area contributed by atoms with Gasteiger partial charge in [-0.1, -0.05) is 30.3 Å². The first-order chi connectivity index (χ1) is 14.7. The highest BCUT2D eigenvalue weighted by Crippen LogP contribution is 2.38. The first-order valence-corrected chi connectivity index (χ1v) is 11.1. The van der Waals surface area contributed by atoms with Crippen molar-refractivity contribution in [1.82, 2.24) is 4.90 Å². The van der Waals surface area contributed by atoms with Crippen molar-refractivity contribution in [2.24, 2.45) is 5.92 Å². The van der Waals surface area contributed by atoms with E-state index in [1.807, 2.05) is 51.1 Å². The van der Waals surface area contributed by atoms with E-state index in [0.29, 0.717) is 13.0 Å². The molecule has 0 spiro atoms. The molecule has 2 unspecified atom stereocenters. The third-order valence-electron chi connectivity index (χ3n) is 5.22. The van der Waals surface area contributed by atoms with Crippen molar-refractivity contribution in [3.05, 3.63) is 35.9 Å². The lowest BCUT2D eigenvalue weighted by atomic mass is 9.76. The molecular weight excluding hydrogens is 398 g/mol. The molecule has 0 aromatic heterocycles. The van der Waals surface area contributed by atoms with Gasteiger partial charge in [-0.3, -0.25) is 9.59 Å². The van der Waals surface area contributed by atoms with Gasteiger partial charge in [0.2, 0.25) is 0 Å². The van der Waals surface area contributed by atoms with Gasteiger partial charge in [-0.25, -0.2) is 4.79 Å². The smallest absolute Gasteiger partial charge is 0.410 e. The van der Waals surface area contributed by atoms with Crippen LogP contribution in [0.4, 0.5) is 4.79 Å². The molecule has 0 aliphatic carbocycles. The summed E-state index contributed by atoms with van der Waals surface area (Å²) < 4.78 is 16.2. The summed E-state index contributed by atoms with van der Waals surface area (Å²) in [5.41, 5.74) is 0.136. The fraction of sp³-hybridized carbons (Fsp3) is 0.625. The lowest BCUT2D eigenvalue weighted by Gasteiger charge is -2.42. The number of benzene rings is 1. The molecule has 7 heteroatoms. The minimum absolute atomic E-state index is 0.149. The molecule has 0 saturated carbocycles. The normalized spacial score (nSPS) is 17.7. The highest BCUT2D eigenvalue weighted by molar-refractivity contribution is 5.96. The van der Waals surface area contributed by atoms with Gasteiger partial charge < -0.3 is 19.1 Å². The zero-order valence-corrected chi connectivity index (χ0v) is 19.3. The zero-order valence-electron chi connectivity index (χ0n) is 19.3. The van der Waals surface area contributed by atoms with E-state index in [0.717, 1.165) is 18.4 Å². The number of ether oxygens (including phenoxy) is 3. The minimum atomic E-state index is -1.17. The molecule has 7 nitrogen and oxygen atoms in total. The van der Waals surface area contributed by atoms with Crippen LogP contribution in [0.1, 0.15) is 65.4 Å². The first kappa shape index (κ1) is 24.7. The summed E-state index contributed by atoms with van der Waals surface area (Å²) in [7, 11) is 0. The van der Waals surface area contributed by atoms with Gasteiger partial charge in [0.15, 0.2) is 5.92 Å². The molecule has 0 bridgehead atoms. The SMILES string of the molecule is CCOC(=O)C(C(=O)OCC)C(c1ccccc1)C1CCCCN1C(=O)OC(C)(C)C. The van der Waals surface area contributed by atoms with Gasteiger partial charge >= 0.3 is 18.0 Å². The van der Waals surface area contributed by atoms with Crippen LogP contribution in [0.15, 0.2) is 30.3 Å².